The van der Waals surface area contributed by atoms with Crippen molar-refractivity contribution in [2.75, 3.05) is 0 Å². The fraction of sp³-hybridized carbons (Fsp3) is 0. The van der Waals surface area contributed by atoms with E-state index in [4.69, 9.17) is 61.3 Å². The van der Waals surface area contributed by atoms with Gasteiger partial charge in [0.2, 0.25) is 0 Å². The van der Waals surface area contributed by atoms with Crippen LogP contribution in [0.15, 0.2) is 48.5 Å². The molecule has 0 aliphatic heterocycles. The molecule has 0 aromatic heterocycles. The molecule has 4 aromatic rings. The Balaban J connectivity index is 0. The second-order valence-corrected chi connectivity index (χ2v) is 8.60. The number of phenols is 12. The molecule has 20 nitrogen and oxygen atoms in total. The van der Waals surface area contributed by atoms with Crippen molar-refractivity contribution < 1.29 is 155 Å². The van der Waals surface area contributed by atoms with Crippen LogP contribution < -0.4 is 39.3 Å². The van der Waals surface area contributed by atoms with Gasteiger partial charge in [0.25, 0.3) is 0 Å². The first kappa shape index (κ1) is 46.3. The number of carboxylic acids is 4. The van der Waals surface area contributed by atoms with Crippen LogP contribution in [0, 0.1) is 35.6 Å². The second-order valence-electron chi connectivity index (χ2n) is 8.60. The van der Waals surface area contributed by atoms with E-state index in [1.165, 1.54) is 0 Å². The standard InChI is InChI=1S/4C7H6O5.La.Li/c4*8-4-1-3(7(11)12)2-5(9)6(4)10;;/h4*1-2,8-10H,(H,11,12);;/q;;;;+3;+1/p-4. The summed E-state index contributed by atoms with van der Waals surface area (Å²) in [4.78, 5) is 40.8. The molecule has 0 fully saturated rings. The van der Waals surface area contributed by atoms with E-state index in [9.17, 15) is 39.6 Å². The Bertz CT molecular complexity index is 1510. The van der Waals surface area contributed by atoms with E-state index in [0.29, 0.717) is 0 Å². The van der Waals surface area contributed by atoms with Crippen molar-refractivity contribution in [2.45, 2.75) is 0 Å². The molecule has 4 rings (SSSR count). The summed E-state index contributed by atoms with van der Waals surface area (Å²) >= 11 is 0. The average Bonchev–Trinajstić information content (AvgIpc) is 2.99. The minimum Gasteiger partial charge on any atom is -0.545 e. The molecule has 256 valence electrons. The number of phenolic OH excluding ortho intramolecular Hbond substituents is 12. The van der Waals surface area contributed by atoms with Crippen LogP contribution in [0.2, 0.25) is 0 Å². The van der Waals surface area contributed by atoms with Gasteiger partial charge in [-0.05, 0) is 48.5 Å². The van der Waals surface area contributed by atoms with Gasteiger partial charge in [-0.25, -0.2) is 0 Å². The molecule has 12 N–H and O–H groups in total. The zero-order valence-corrected chi connectivity index (χ0v) is 28.5. The molecule has 50 heavy (non-hydrogen) atoms. The summed E-state index contributed by atoms with van der Waals surface area (Å²) in [6.07, 6.45) is 0. The van der Waals surface area contributed by atoms with Crippen molar-refractivity contribution in [2.24, 2.45) is 0 Å². The Labute approximate surface area is 317 Å². The van der Waals surface area contributed by atoms with Crippen molar-refractivity contribution in [3.05, 3.63) is 70.8 Å². The van der Waals surface area contributed by atoms with Crippen molar-refractivity contribution in [3.8, 4) is 69.0 Å². The predicted molar refractivity (Wildman–Crippen MR) is 143 cm³/mol. The third-order valence-electron chi connectivity index (χ3n) is 5.22. The van der Waals surface area contributed by atoms with Crippen molar-refractivity contribution in [1.29, 1.82) is 0 Å². The van der Waals surface area contributed by atoms with Gasteiger partial charge in [-0.15, -0.1) is 0 Å². The average molecular weight is 822 g/mol. The molecular formula is C28H20LaLiO20. The third-order valence-corrected chi connectivity index (χ3v) is 5.22. The van der Waals surface area contributed by atoms with Crippen LogP contribution in [0.25, 0.3) is 0 Å². The van der Waals surface area contributed by atoms with Gasteiger partial charge in [0.05, 0.1) is 23.9 Å². The maximum atomic E-state index is 10.2. The number of carboxylic acid groups (broad SMARTS) is 4. The second kappa shape index (κ2) is 19.8. The Morgan fingerprint density at radius 2 is 0.420 bits per heavy atom. The van der Waals surface area contributed by atoms with Gasteiger partial charge in [0.15, 0.2) is 69.0 Å². The van der Waals surface area contributed by atoms with Crippen LogP contribution in [0.5, 0.6) is 69.0 Å². The van der Waals surface area contributed by atoms with Crippen LogP contribution in [0.4, 0.5) is 0 Å². The molecule has 0 saturated heterocycles. The first-order chi connectivity index (χ1) is 22.1. The summed E-state index contributed by atoms with van der Waals surface area (Å²) in [6.45, 7) is 0. The van der Waals surface area contributed by atoms with E-state index in [2.05, 4.69) is 0 Å². The van der Waals surface area contributed by atoms with Gasteiger partial charge >= 0.3 is 54.5 Å². The fourth-order valence-electron chi connectivity index (χ4n) is 2.89. The Morgan fingerprint density at radius 3 is 0.500 bits per heavy atom. The molecule has 0 saturated carbocycles. The minimum atomic E-state index is -1.54. The molecule has 22 heteroatoms. The Kier molecular flexibility index (Phi) is 18.4. The molecule has 0 aliphatic carbocycles. The van der Waals surface area contributed by atoms with Gasteiger partial charge in [0.1, 0.15) is 0 Å². The SMILES string of the molecule is O=C([O-])c1cc(O)c(O)c(O)c1.O=C([O-])c1cc(O)c(O)c(O)c1.O=C([O-])c1cc(O)c(O)c(O)c1.O=C([O-])c1cc(O)c(O)c(O)c1.[La+3].[Li+]. The quantitative estimate of drug-likeness (QED) is 0.0673. The smallest absolute Gasteiger partial charge is 0.545 e. The molecule has 0 radical (unpaired) electrons. The van der Waals surface area contributed by atoms with E-state index in [-0.39, 0.29) is 54.5 Å². The molecule has 0 bridgehead atoms. The molecule has 0 heterocycles. The number of aromatic hydroxyl groups is 12. The summed E-state index contributed by atoms with van der Waals surface area (Å²) in [5.74, 6) is -14.8. The Morgan fingerprint density at radius 1 is 0.320 bits per heavy atom. The molecule has 0 aliphatic rings. The van der Waals surface area contributed by atoms with Gasteiger partial charge in [-0.1, -0.05) is 0 Å². The molecular weight excluding hydrogens is 802 g/mol. The number of hydrogen-bond acceptors (Lipinski definition) is 20. The van der Waals surface area contributed by atoms with E-state index in [0.717, 1.165) is 48.5 Å². The van der Waals surface area contributed by atoms with E-state index in [1.807, 2.05) is 0 Å². The van der Waals surface area contributed by atoms with Crippen LogP contribution in [-0.4, -0.2) is 85.2 Å². The largest absolute Gasteiger partial charge is 3.00 e. The minimum absolute atomic E-state index is 0. The van der Waals surface area contributed by atoms with Gasteiger partial charge in [-0.3, -0.25) is 0 Å². The van der Waals surface area contributed by atoms with E-state index < -0.39 is 115 Å². The van der Waals surface area contributed by atoms with Gasteiger partial charge < -0.3 is 101 Å². The van der Waals surface area contributed by atoms with Crippen LogP contribution in [0.3, 0.4) is 0 Å². The predicted octanol–water partition coefficient (Wildman–Crippen LogP) is -6.33. The first-order valence-electron chi connectivity index (χ1n) is 11.9. The molecule has 4 aromatic carbocycles. The maximum Gasteiger partial charge on any atom is 3.00 e. The first-order valence-corrected chi connectivity index (χ1v) is 11.9. The summed E-state index contributed by atoms with van der Waals surface area (Å²) < 4.78 is 0. The summed E-state index contributed by atoms with van der Waals surface area (Å²) in [7, 11) is 0. The number of carbonyl (C=O) groups excluding carboxylic acids is 4. The van der Waals surface area contributed by atoms with Crippen molar-refractivity contribution in [1.82, 2.24) is 0 Å². The van der Waals surface area contributed by atoms with Gasteiger partial charge in [0, 0.05) is 22.3 Å². The summed E-state index contributed by atoms with van der Waals surface area (Å²) in [5, 5.41) is 147. The van der Waals surface area contributed by atoms with Gasteiger partial charge in [-0.2, -0.15) is 0 Å². The number of aromatic carboxylic acids is 4. The third kappa shape index (κ3) is 13.0. The van der Waals surface area contributed by atoms with Crippen molar-refractivity contribution in [3.63, 3.8) is 0 Å². The molecule has 0 spiro atoms. The van der Waals surface area contributed by atoms with Crippen LogP contribution >= 0.6 is 0 Å². The number of benzene rings is 4. The Hall–Kier alpha value is -5.85. The topological polar surface area (TPSA) is 403 Å². The van der Waals surface area contributed by atoms with Crippen LogP contribution in [-0.2, 0) is 0 Å². The zero-order chi connectivity index (χ0) is 37.2. The maximum absolute atomic E-state index is 10.2. The summed E-state index contributed by atoms with van der Waals surface area (Å²) in [6, 6.07) is 6.26. The number of hydrogen-bond donors (Lipinski definition) is 12. The normalized spacial score (nSPS) is 9.28. The van der Waals surface area contributed by atoms with Crippen LogP contribution in [0.1, 0.15) is 41.4 Å². The molecule has 0 amide bonds. The monoisotopic (exact) mass is 822 g/mol. The molecule has 0 unspecified atom stereocenters. The molecule has 0 atom stereocenters. The van der Waals surface area contributed by atoms with Crippen molar-refractivity contribution >= 4 is 23.9 Å². The van der Waals surface area contributed by atoms with E-state index >= 15 is 0 Å². The fourth-order valence-corrected chi connectivity index (χ4v) is 2.89. The summed E-state index contributed by atoms with van der Waals surface area (Å²) in [5.41, 5.74) is -1.60. The number of carbonyl (C=O) groups is 4. The zero-order valence-electron chi connectivity index (χ0n) is 24.8. The number of rotatable bonds is 4. The van der Waals surface area contributed by atoms with E-state index in [1.54, 1.807) is 0 Å².